The van der Waals surface area contributed by atoms with Crippen molar-refractivity contribution in [1.29, 1.82) is 0 Å². The van der Waals surface area contributed by atoms with Crippen LogP contribution in [-0.4, -0.2) is 24.0 Å². The minimum absolute atomic E-state index is 0.0168. The molecule has 0 saturated carbocycles. The van der Waals surface area contributed by atoms with E-state index in [9.17, 15) is 14.0 Å². The monoisotopic (exact) mass is 333 g/mol. The van der Waals surface area contributed by atoms with Crippen molar-refractivity contribution in [2.45, 2.75) is 32.7 Å². The minimum Gasteiger partial charge on any atom is -0.450 e. The van der Waals surface area contributed by atoms with Crippen LogP contribution in [0.5, 0.6) is 0 Å². The minimum atomic E-state index is -0.729. The summed E-state index contributed by atoms with van der Waals surface area (Å²) >= 11 is 0. The van der Waals surface area contributed by atoms with Gasteiger partial charge in [0, 0.05) is 11.1 Å². The maximum Gasteiger partial charge on any atom is 0.374 e. The van der Waals surface area contributed by atoms with E-state index in [0.717, 1.165) is 6.42 Å². The Labute approximate surface area is 139 Å². The number of carbonyl (C=O) groups is 2. The Hall–Kier alpha value is -2.63. The van der Waals surface area contributed by atoms with E-state index < -0.39 is 5.97 Å². The molecule has 0 unspecified atom stereocenters. The van der Waals surface area contributed by atoms with Gasteiger partial charge in [-0.25, -0.2) is 9.18 Å². The molecule has 0 saturated heterocycles. The van der Waals surface area contributed by atoms with Gasteiger partial charge in [-0.15, -0.1) is 0 Å². The van der Waals surface area contributed by atoms with Crippen LogP contribution in [0.15, 0.2) is 40.8 Å². The van der Waals surface area contributed by atoms with Gasteiger partial charge >= 0.3 is 5.97 Å². The lowest BCUT2D eigenvalue weighted by molar-refractivity contribution is -0.125. The van der Waals surface area contributed by atoms with E-state index in [2.05, 4.69) is 5.32 Å². The third kappa shape index (κ3) is 4.68. The summed E-state index contributed by atoms with van der Waals surface area (Å²) in [4.78, 5) is 23.7. The average Bonchev–Trinajstić information content (AvgIpc) is 3.03. The molecule has 6 heteroatoms. The van der Waals surface area contributed by atoms with Crippen molar-refractivity contribution in [3.63, 3.8) is 0 Å². The first kappa shape index (κ1) is 17.7. The van der Waals surface area contributed by atoms with E-state index >= 15 is 0 Å². The molecule has 0 bridgehead atoms. The van der Waals surface area contributed by atoms with E-state index in [1.54, 1.807) is 18.2 Å². The standard InChI is InChI=1S/C18H20FNO4/c1-4-18(2,3)20-16(21)11-23-17(22)15-10-9-14(24-15)12-5-7-13(19)8-6-12/h5-10H,4,11H2,1-3H3,(H,20,21). The second kappa shape index (κ2) is 7.29. The lowest BCUT2D eigenvalue weighted by atomic mass is 10.0. The highest BCUT2D eigenvalue weighted by Gasteiger charge is 2.20. The third-order valence-corrected chi connectivity index (χ3v) is 3.63. The van der Waals surface area contributed by atoms with Crippen LogP contribution in [0.4, 0.5) is 4.39 Å². The zero-order valence-electron chi connectivity index (χ0n) is 13.9. The zero-order chi connectivity index (χ0) is 17.7. The fourth-order valence-electron chi connectivity index (χ4n) is 1.92. The second-order valence-electron chi connectivity index (χ2n) is 6.03. The van der Waals surface area contributed by atoms with E-state index in [1.165, 1.54) is 18.2 Å². The molecule has 1 heterocycles. The number of benzene rings is 1. The summed E-state index contributed by atoms with van der Waals surface area (Å²) in [6.07, 6.45) is 0.756. The van der Waals surface area contributed by atoms with Gasteiger partial charge in [0.05, 0.1) is 0 Å². The molecule has 1 aromatic heterocycles. The van der Waals surface area contributed by atoms with Crippen LogP contribution in [0.3, 0.4) is 0 Å². The molecule has 0 aliphatic carbocycles. The molecule has 0 atom stereocenters. The molecular weight excluding hydrogens is 313 g/mol. The summed E-state index contributed by atoms with van der Waals surface area (Å²) in [5.74, 6) is -1.06. The smallest absolute Gasteiger partial charge is 0.374 e. The van der Waals surface area contributed by atoms with Gasteiger partial charge in [0.15, 0.2) is 6.61 Å². The molecule has 0 aliphatic rings. The van der Waals surface area contributed by atoms with Crippen molar-refractivity contribution in [3.8, 4) is 11.3 Å². The van der Waals surface area contributed by atoms with Crippen LogP contribution in [0, 0.1) is 5.82 Å². The number of halogens is 1. The number of furan rings is 1. The maximum atomic E-state index is 12.9. The molecule has 0 aliphatic heterocycles. The summed E-state index contributed by atoms with van der Waals surface area (Å²) in [6, 6.07) is 8.73. The first-order chi connectivity index (χ1) is 11.3. The highest BCUT2D eigenvalue weighted by Crippen LogP contribution is 2.22. The highest BCUT2D eigenvalue weighted by molar-refractivity contribution is 5.89. The van der Waals surface area contributed by atoms with Gasteiger partial charge in [-0.05, 0) is 56.7 Å². The molecule has 0 radical (unpaired) electrons. The summed E-state index contributed by atoms with van der Waals surface area (Å²) < 4.78 is 23.3. The van der Waals surface area contributed by atoms with Gasteiger partial charge < -0.3 is 14.5 Å². The van der Waals surface area contributed by atoms with Crippen molar-refractivity contribution in [3.05, 3.63) is 48.0 Å². The normalized spacial score (nSPS) is 11.2. The summed E-state index contributed by atoms with van der Waals surface area (Å²) in [5, 5.41) is 2.77. The van der Waals surface area contributed by atoms with Gasteiger partial charge in [0.1, 0.15) is 11.6 Å². The van der Waals surface area contributed by atoms with Gasteiger partial charge in [0.25, 0.3) is 5.91 Å². The number of hydrogen-bond acceptors (Lipinski definition) is 4. The van der Waals surface area contributed by atoms with Crippen LogP contribution in [0.2, 0.25) is 0 Å². The van der Waals surface area contributed by atoms with E-state index in [0.29, 0.717) is 11.3 Å². The number of carbonyl (C=O) groups excluding carboxylic acids is 2. The quantitative estimate of drug-likeness (QED) is 0.821. The maximum absolute atomic E-state index is 12.9. The Kier molecular flexibility index (Phi) is 5.39. The Morgan fingerprint density at radius 2 is 1.83 bits per heavy atom. The predicted molar refractivity (Wildman–Crippen MR) is 86.9 cm³/mol. The first-order valence-electron chi connectivity index (χ1n) is 7.64. The third-order valence-electron chi connectivity index (χ3n) is 3.63. The largest absolute Gasteiger partial charge is 0.450 e. The Morgan fingerprint density at radius 3 is 2.46 bits per heavy atom. The number of nitrogens with one attached hydrogen (secondary N) is 1. The lowest BCUT2D eigenvalue weighted by Crippen LogP contribution is -2.44. The average molecular weight is 333 g/mol. The Bertz CT molecular complexity index is 719. The summed E-state index contributed by atoms with van der Waals surface area (Å²) in [6.45, 7) is 5.34. The molecule has 24 heavy (non-hydrogen) atoms. The highest BCUT2D eigenvalue weighted by atomic mass is 19.1. The molecule has 1 N–H and O–H groups in total. The van der Waals surface area contributed by atoms with Gasteiger partial charge in [-0.2, -0.15) is 0 Å². The fourth-order valence-corrected chi connectivity index (χ4v) is 1.92. The van der Waals surface area contributed by atoms with Crippen molar-refractivity contribution in [2.75, 3.05) is 6.61 Å². The Morgan fingerprint density at radius 1 is 1.17 bits per heavy atom. The number of amides is 1. The van der Waals surface area contributed by atoms with Gasteiger partial charge in [-0.3, -0.25) is 4.79 Å². The first-order valence-corrected chi connectivity index (χ1v) is 7.64. The van der Waals surface area contributed by atoms with Crippen molar-refractivity contribution in [2.24, 2.45) is 0 Å². The van der Waals surface area contributed by atoms with Crippen molar-refractivity contribution < 1.29 is 23.1 Å². The molecule has 5 nitrogen and oxygen atoms in total. The van der Waals surface area contributed by atoms with Crippen LogP contribution in [0.1, 0.15) is 37.7 Å². The molecule has 1 amide bonds. The van der Waals surface area contributed by atoms with Gasteiger partial charge in [0.2, 0.25) is 5.76 Å². The number of ether oxygens (including phenoxy) is 1. The molecule has 2 aromatic rings. The SMILES string of the molecule is CCC(C)(C)NC(=O)COC(=O)c1ccc(-c2ccc(F)cc2)o1. The molecular formula is C18H20FNO4. The second-order valence-corrected chi connectivity index (χ2v) is 6.03. The molecule has 2 rings (SSSR count). The number of hydrogen-bond donors (Lipinski definition) is 1. The van der Waals surface area contributed by atoms with E-state index in [4.69, 9.17) is 9.15 Å². The number of esters is 1. The topological polar surface area (TPSA) is 68.5 Å². The number of rotatable bonds is 6. The zero-order valence-corrected chi connectivity index (χ0v) is 13.9. The van der Waals surface area contributed by atoms with Crippen LogP contribution in [-0.2, 0) is 9.53 Å². The lowest BCUT2D eigenvalue weighted by Gasteiger charge is -2.24. The van der Waals surface area contributed by atoms with Crippen molar-refractivity contribution in [1.82, 2.24) is 5.32 Å². The molecule has 128 valence electrons. The van der Waals surface area contributed by atoms with E-state index in [1.807, 2.05) is 20.8 Å². The van der Waals surface area contributed by atoms with Crippen LogP contribution >= 0.6 is 0 Å². The Balaban J connectivity index is 1.94. The summed E-state index contributed by atoms with van der Waals surface area (Å²) in [7, 11) is 0. The van der Waals surface area contributed by atoms with Gasteiger partial charge in [-0.1, -0.05) is 6.92 Å². The molecule has 0 fully saturated rings. The molecule has 0 spiro atoms. The van der Waals surface area contributed by atoms with Crippen LogP contribution < -0.4 is 5.32 Å². The summed E-state index contributed by atoms with van der Waals surface area (Å²) in [5.41, 5.74) is 0.280. The molecule has 1 aromatic carbocycles. The predicted octanol–water partition coefficient (Wildman–Crippen LogP) is 3.55. The van der Waals surface area contributed by atoms with Crippen LogP contribution in [0.25, 0.3) is 11.3 Å². The van der Waals surface area contributed by atoms with Crippen molar-refractivity contribution >= 4 is 11.9 Å². The van der Waals surface area contributed by atoms with E-state index in [-0.39, 0.29) is 29.6 Å². The fraction of sp³-hybridized carbons (Fsp3) is 0.333.